The minimum Gasteiger partial charge on any atom is -0.377 e. The molecule has 0 amide bonds. The monoisotopic (exact) mass is 320 g/mol. The zero-order valence-electron chi connectivity index (χ0n) is 11.2. The summed E-state index contributed by atoms with van der Waals surface area (Å²) in [6.45, 7) is 0.977. The van der Waals surface area contributed by atoms with Crippen LogP contribution in [0.25, 0.3) is 0 Å². The Hall–Kier alpha value is -0.340. The molecule has 0 spiro atoms. The second kappa shape index (κ2) is 4.60. The molecule has 102 valence electrons. The van der Waals surface area contributed by atoms with Gasteiger partial charge in [-0.05, 0) is 49.0 Å². The molecular formula is C17H21BrO. The Labute approximate surface area is 123 Å². The molecule has 0 bridgehead atoms. The Kier molecular flexibility index (Phi) is 3.00. The first-order chi connectivity index (χ1) is 9.35. The zero-order valence-corrected chi connectivity index (χ0v) is 12.8. The summed E-state index contributed by atoms with van der Waals surface area (Å²) in [5.74, 6) is 2.47. The average molecular weight is 321 g/mol. The van der Waals surface area contributed by atoms with Gasteiger partial charge in [0.05, 0.1) is 6.10 Å². The van der Waals surface area contributed by atoms with Crippen molar-refractivity contribution in [3.05, 3.63) is 35.9 Å². The molecule has 19 heavy (non-hydrogen) atoms. The Morgan fingerprint density at radius 3 is 2.68 bits per heavy atom. The van der Waals surface area contributed by atoms with Crippen LogP contribution in [0.4, 0.5) is 0 Å². The predicted molar refractivity (Wildman–Crippen MR) is 80.6 cm³/mol. The molecule has 2 aliphatic carbocycles. The van der Waals surface area contributed by atoms with Gasteiger partial charge in [-0.1, -0.05) is 46.3 Å². The van der Waals surface area contributed by atoms with Crippen molar-refractivity contribution in [2.24, 2.45) is 17.3 Å². The molecule has 0 N–H and O–H groups in total. The summed E-state index contributed by atoms with van der Waals surface area (Å²) in [5.41, 5.74) is 1.95. The van der Waals surface area contributed by atoms with E-state index in [4.69, 9.17) is 4.74 Å². The number of alkyl halides is 1. The molecular weight excluding hydrogens is 300 g/mol. The van der Waals surface area contributed by atoms with Gasteiger partial charge in [-0.25, -0.2) is 0 Å². The fourth-order valence-corrected chi connectivity index (χ4v) is 5.24. The van der Waals surface area contributed by atoms with Crippen LogP contribution in [0, 0.1) is 17.3 Å². The van der Waals surface area contributed by atoms with Crippen LogP contribution in [0.3, 0.4) is 0 Å². The van der Waals surface area contributed by atoms with Crippen LogP contribution in [0.5, 0.6) is 0 Å². The van der Waals surface area contributed by atoms with Crippen molar-refractivity contribution >= 4 is 15.9 Å². The Morgan fingerprint density at radius 1 is 1.21 bits per heavy atom. The highest BCUT2D eigenvalue weighted by atomic mass is 79.9. The first-order valence-electron chi connectivity index (χ1n) is 7.58. The van der Waals surface area contributed by atoms with Gasteiger partial charge in [0.2, 0.25) is 0 Å². The maximum Gasteiger partial charge on any atom is 0.0671 e. The molecule has 1 aliphatic heterocycles. The van der Waals surface area contributed by atoms with Crippen molar-refractivity contribution in [3.8, 4) is 0 Å². The summed E-state index contributed by atoms with van der Waals surface area (Å²) in [7, 11) is 0. The summed E-state index contributed by atoms with van der Waals surface area (Å²) in [5, 5.41) is 1.12. The first-order valence-corrected chi connectivity index (χ1v) is 8.70. The summed E-state index contributed by atoms with van der Waals surface area (Å²) in [4.78, 5) is 0. The third-order valence-electron chi connectivity index (χ3n) is 5.49. The van der Waals surface area contributed by atoms with E-state index in [0.29, 0.717) is 11.5 Å². The molecule has 1 saturated heterocycles. The summed E-state index contributed by atoms with van der Waals surface area (Å²) in [6, 6.07) is 11.1. The highest BCUT2D eigenvalue weighted by Crippen LogP contribution is 2.64. The smallest absolute Gasteiger partial charge is 0.0671 e. The van der Waals surface area contributed by atoms with Crippen molar-refractivity contribution in [1.29, 1.82) is 0 Å². The lowest BCUT2D eigenvalue weighted by molar-refractivity contribution is 0.0308. The fourth-order valence-electron chi connectivity index (χ4n) is 4.23. The van der Waals surface area contributed by atoms with Crippen molar-refractivity contribution in [2.45, 2.75) is 37.7 Å². The lowest BCUT2D eigenvalue weighted by Crippen LogP contribution is -2.37. The van der Waals surface area contributed by atoms with Gasteiger partial charge < -0.3 is 4.74 Å². The molecule has 1 nitrogen and oxygen atoms in total. The van der Waals surface area contributed by atoms with Crippen molar-refractivity contribution in [1.82, 2.24) is 0 Å². The average Bonchev–Trinajstić information content (AvgIpc) is 3.38. The Morgan fingerprint density at radius 2 is 2.00 bits per heavy atom. The third-order valence-corrected chi connectivity index (χ3v) is 6.53. The van der Waals surface area contributed by atoms with Crippen molar-refractivity contribution in [3.63, 3.8) is 0 Å². The molecule has 4 unspecified atom stereocenters. The quantitative estimate of drug-likeness (QED) is 0.748. The third kappa shape index (κ3) is 1.99. The molecule has 1 aromatic rings. The minimum atomic E-state index is 0.418. The predicted octanol–water partition coefficient (Wildman–Crippen LogP) is 4.37. The molecule has 4 atom stereocenters. The van der Waals surface area contributed by atoms with Gasteiger partial charge in [0.1, 0.15) is 0 Å². The van der Waals surface area contributed by atoms with Crippen LogP contribution < -0.4 is 0 Å². The van der Waals surface area contributed by atoms with Gasteiger partial charge in [0, 0.05) is 17.4 Å². The van der Waals surface area contributed by atoms with Crippen LogP contribution in [0.1, 0.15) is 37.2 Å². The van der Waals surface area contributed by atoms with E-state index in [1.54, 1.807) is 0 Å². The lowest BCUT2D eigenvalue weighted by atomic mass is 9.75. The highest BCUT2D eigenvalue weighted by molar-refractivity contribution is 9.09. The van der Waals surface area contributed by atoms with Crippen LogP contribution in [-0.2, 0) is 4.74 Å². The Balaban J connectivity index is 1.57. The van der Waals surface area contributed by atoms with Gasteiger partial charge in [-0.15, -0.1) is 0 Å². The van der Waals surface area contributed by atoms with E-state index in [-0.39, 0.29) is 0 Å². The number of hydrogen-bond donors (Lipinski definition) is 0. The maximum atomic E-state index is 6.14. The summed E-state index contributed by atoms with van der Waals surface area (Å²) < 4.78 is 6.14. The topological polar surface area (TPSA) is 9.23 Å². The summed E-state index contributed by atoms with van der Waals surface area (Å²) >= 11 is 3.83. The molecule has 2 saturated carbocycles. The van der Waals surface area contributed by atoms with E-state index in [1.165, 1.54) is 31.2 Å². The Bertz CT molecular complexity index is 456. The van der Waals surface area contributed by atoms with E-state index >= 15 is 0 Å². The number of benzene rings is 1. The largest absolute Gasteiger partial charge is 0.377 e. The van der Waals surface area contributed by atoms with Gasteiger partial charge in [-0.2, -0.15) is 0 Å². The van der Waals surface area contributed by atoms with E-state index in [2.05, 4.69) is 46.3 Å². The van der Waals surface area contributed by atoms with Gasteiger partial charge in [0.25, 0.3) is 0 Å². The second-order valence-electron chi connectivity index (χ2n) is 6.60. The van der Waals surface area contributed by atoms with Crippen molar-refractivity contribution in [2.75, 3.05) is 11.9 Å². The normalized spacial score (nSPS) is 41.4. The van der Waals surface area contributed by atoms with Crippen LogP contribution in [0.15, 0.2) is 30.3 Å². The molecule has 0 radical (unpaired) electrons. The zero-order chi connectivity index (χ0) is 12.9. The molecule has 3 aliphatic rings. The van der Waals surface area contributed by atoms with Crippen LogP contribution >= 0.6 is 15.9 Å². The fraction of sp³-hybridized carbons (Fsp3) is 0.647. The molecule has 0 aromatic heterocycles. The van der Waals surface area contributed by atoms with E-state index in [1.807, 2.05) is 0 Å². The van der Waals surface area contributed by atoms with Crippen LogP contribution in [0.2, 0.25) is 0 Å². The lowest BCUT2D eigenvalue weighted by Gasteiger charge is -2.33. The minimum absolute atomic E-state index is 0.418. The number of rotatable bonds is 4. The molecule has 1 aromatic carbocycles. The summed E-state index contributed by atoms with van der Waals surface area (Å²) in [6.07, 6.45) is 5.94. The second-order valence-corrected chi connectivity index (χ2v) is 7.17. The number of hydrogen-bond acceptors (Lipinski definition) is 1. The SMILES string of the molecule is BrCC1(C2CC2c2ccccc2)CCOC1C1CC1. The highest BCUT2D eigenvalue weighted by Gasteiger charge is 2.61. The van der Waals surface area contributed by atoms with Gasteiger partial charge in [-0.3, -0.25) is 0 Å². The van der Waals surface area contributed by atoms with Crippen LogP contribution in [-0.4, -0.2) is 18.0 Å². The number of halogens is 1. The molecule has 1 heterocycles. The van der Waals surface area contributed by atoms with E-state index < -0.39 is 0 Å². The van der Waals surface area contributed by atoms with Gasteiger partial charge >= 0.3 is 0 Å². The molecule has 4 rings (SSSR count). The maximum absolute atomic E-state index is 6.14. The standard InChI is InChI=1S/C17H21BrO/c18-11-17(8-9-19-16(17)13-6-7-13)15-10-14(15)12-4-2-1-3-5-12/h1-5,13-16H,6-11H2. The number of ether oxygens (including phenoxy) is 1. The molecule has 2 heteroatoms. The first kappa shape index (κ1) is 12.4. The molecule has 3 fully saturated rings. The van der Waals surface area contributed by atoms with Gasteiger partial charge in [0.15, 0.2) is 0 Å². The van der Waals surface area contributed by atoms with E-state index in [9.17, 15) is 0 Å². The van der Waals surface area contributed by atoms with E-state index in [0.717, 1.165) is 29.7 Å². The van der Waals surface area contributed by atoms with Crippen molar-refractivity contribution < 1.29 is 4.74 Å².